The predicted octanol–water partition coefficient (Wildman–Crippen LogP) is 3.09. The number of pyridine rings is 1. The summed E-state index contributed by atoms with van der Waals surface area (Å²) in [7, 11) is 0. The zero-order valence-corrected chi connectivity index (χ0v) is 10.3. The molecule has 2 aromatic rings. The van der Waals surface area contributed by atoms with Gasteiger partial charge in [-0.1, -0.05) is 15.9 Å². The number of anilines is 1. The molecule has 0 saturated heterocycles. The Kier molecular flexibility index (Phi) is 3.26. The van der Waals surface area contributed by atoms with Crippen LogP contribution in [0, 0.1) is 11.3 Å². The standard InChI is InChI=1S/C12H8BrN3O/c13-9-4-10(15)6-11(5-9)17-12-3-8(7-14)1-2-16-12/h1-6H,15H2. The van der Waals surface area contributed by atoms with Crippen LogP contribution in [0.3, 0.4) is 0 Å². The SMILES string of the molecule is N#Cc1ccnc(Oc2cc(N)cc(Br)c2)c1. The van der Waals surface area contributed by atoms with Gasteiger partial charge in [0.05, 0.1) is 11.6 Å². The Morgan fingerprint density at radius 1 is 1.29 bits per heavy atom. The van der Waals surface area contributed by atoms with E-state index in [1.54, 1.807) is 30.3 Å². The van der Waals surface area contributed by atoms with Gasteiger partial charge in [-0.3, -0.25) is 0 Å². The van der Waals surface area contributed by atoms with Crippen LogP contribution in [0.2, 0.25) is 0 Å². The normalized spacial score (nSPS) is 9.65. The third kappa shape index (κ3) is 2.95. The van der Waals surface area contributed by atoms with E-state index in [0.29, 0.717) is 22.9 Å². The Hall–Kier alpha value is -2.06. The van der Waals surface area contributed by atoms with Crippen LogP contribution in [0.25, 0.3) is 0 Å². The molecule has 0 aliphatic carbocycles. The molecule has 0 amide bonds. The first kappa shape index (κ1) is 11.4. The van der Waals surface area contributed by atoms with Gasteiger partial charge in [0.1, 0.15) is 5.75 Å². The first-order chi connectivity index (χ1) is 8.17. The number of aromatic nitrogens is 1. The summed E-state index contributed by atoms with van der Waals surface area (Å²) in [5, 5.41) is 8.76. The molecule has 5 heteroatoms. The summed E-state index contributed by atoms with van der Waals surface area (Å²) < 4.78 is 6.33. The number of nitrogen functional groups attached to an aromatic ring is 1. The molecule has 17 heavy (non-hydrogen) atoms. The lowest BCUT2D eigenvalue weighted by atomic mass is 10.3. The van der Waals surface area contributed by atoms with Crippen LogP contribution in [0.5, 0.6) is 11.6 Å². The zero-order chi connectivity index (χ0) is 12.3. The molecule has 4 nitrogen and oxygen atoms in total. The second-order valence-electron chi connectivity index (χ2n) is 3.32. The number of hydrogen-bond donors (Lipinski definition) is 1. The average Bonchev–Trinajstić information content (AvgIpc) is 2.28. The lowest BCUT2D eigenvalue weighted by Crippen LogP contribution is -1.91. The predicted molar refractivity (Wildman–Crippen MR) is 67.6 cm³/mol. The fourth-order valence-electron chi connectivity index (χ4n) is 1.30. The fraction of sp³-hybridized carbons (Fsp3) is 0. The third-order valence-electron chi connectivity index (χ3n) is 1.98. The molecule has 1 heterocycles. The van der Waals surface area contributed by atoms with E-state index in [1.165, 1.54) is 6.20 Å². The fourth-order valence-corrected chi connectivity index (χ4v) is 1.79. The molecule has 84 valence electrons. The smallest absolute Gasteiger partial charge is 0.220 e. The van der Waals surface area contributed by atoms with Crippen molar-refractivity contribution in [2.45, 2.75) is 0 Å². The summed E-state index contributed by atoms with van der Waals surface area (Å²) >= 11 is 3.32. The van der Waals surface area contributed by atoms with Gasteiger partial charge >= 0.3 is 0 Å². The molecule has 1 aromatic carbocycles. The topological polar surface area (TPSA) is 71.9 Å². The number of nitrogens with two attached hydrogens (primary N) is 1. The molecular formula is C12H8BrN3O. The highest BCUT2D eigenvalue weighted by molar-refractivity contribution is 9.10. The molecule has 0 aliphatic heterocycles. The molecule has 0 aliphatic rings. The Morgan fingerprint density at radius 3 is 2.82 bits per heavy atom. The number of ether oxygens (including phenoxy) is 1. The first-order valence-corrected chi connectivity index (χ1v) is 5.57. The van der Waals surface area contributed by atoms with Crippen LogP contribution in [0.15, 0.2) is 41.0 Å². The lowest BCUT2D eigenvalue weighted by Gasteiger charge is -2.06. The third-order valence-corrected chi connectivity index (χ3v) is 2.44. The van der Waals surface area contributed by atoms with Crippen molar-refractivity contribution in [3.8, 4) is 17.7 Å². The number of benzene rings is 1. The Bertz CT molecular complexity index is 572. The highest BCUT2D eigenvalue weighted by Gasteiger charge is 2.02. The highest BCUT2D eigenvalue weighted by atomic mass is 79.9. The van der Waals surface area contributed by atoms with Crippen LogP contribution in [0.1, 0.15) is 5.56 Å². The maximum Gasteiger partial charge on any atom is 0.220 e. The van der Waals surface area contributed by atoms with Gasteiger partial charge in [-0.15, -0.1) is 0 Å². The molecule has 0 saturated carbocycles. The van der Waals surface area contributed by atoms with Gasteiger partial charge in [0.2, 0.25) is 5.88 Å². The number of nitriles is 1. The number of rotatable bonds is 2. The van der Waals surface area contributed by atoms with Gasteiger partial charge in [-0.05, 0) is 18.2 Å². The Morgan fingerprint density at radius 2 is 2.12 bits per heavy atom. The summed E-state index contributed by atoms with van der Waals surface area (Å²) in [5.41, 5.74) is 6.77. The van der Waals surface area contributed by atoms with Crippen LogP contribution in [0.4, 0.5) is 5.69 Å². The van der Waals surface area contributed by atoms with E-state index in [9.17, 15) is 0 Å². The van der Waals surface area contributed by atoms with Crippen LogP contribution >= 0.6 is 15.9 Å². The molecule has 0 fully saturated rings. The van der Waals surface area contributed by atoms with Crippen LogP contribution in [-0.2, 0) is 0 Å². The van der Waals surface area contributed by atoms with Crippen molar-refractivity contribution < 1.29 is 4.74 Å². The summed E-state index contributed by atoms with van der Waals surface area (Å²) in [6, 6.07) is 10.4. The molecule has 2 rings (SSSR count). The van der Waals surface area contributed by atoms with Gasteiger partial charge in [-0.2, -0.15) is 5.26 Å². The maximum absolute atomic E-state index is 8.76. The summed E-state index contributed by atoms with van der Waals surface area (Å²) in [5.74, 6) is 0.931. The number of nitrogens with zero attached hydrogens (tertiary/aromatic N) is 2. The first-order valence-electron chi connectivity index (χ1n) is 4.77. The van der Waals surface area contributed by atoms with Crippen molar-refractivity contribution in [3.05, 3.63) is 46.6 Å². The Balaban J connectivity index is 2.28. The van der Waals surface area contributed by atoms with Gasteiger partial charge in [-0.25, -0.2) is 4.98 Å². The van der Waals surface area contributed by atoms with Crippen molar-refractivity contribution in [1.82, 2.24) is 4.98 Å². The van der Waals surface area contributed by atoms with E-state index < -0.39 is 0 Å². The number of halogens is 1. The monoisotopic (exact) mass is 289 g/mol. The van der Waals surface area contributed by atoms with E-state index in [-0.39, 0.29) is 0 Å². The van der Waals surface area contributed by atoms with E-state index in [1.807, 2.05) is 6.07 Å². The zero-order valence-electron chi connectivity index (χ0n) is 8.72. The summed E-state index contributed by atoms with van der Waals surface area (Å²) in [6.45, 7) is 0. The highest BCUT2D eigenvalue weighted by Crippen LogP contribution is 2.26. The van der Waals surface area contributed by atoms with E-state index in [2.05, 4.69) is 20.9 Å². The molecule has 2 N–H and O–H groups in total. The minimum Gasteiger partial charge on any atom is -0.439 e. The van der Waals surface area contributed by atoms with Gasteiger partial charge in [0, 0.05) is 28.5 Å². The van der Waals surface area contributed by atoms with Crippen LogP contribution in [-0.4, -0.2) is 4.98 Å². The van der Waals surface area contributed by atoms with E-state index in [4.69, 9.17) is 15.7 Å². The van der Waals surface area contributed by atoms with Gasteiger partial charge < -0.3 is 10.5 Å². The van der Waals surface area contributed by atoms with Crippen LogP contribution < -0.4 is 10.5 Å². The number of hydrogen-bond acceptors (Lipinski definition) is 4. The molecular weight excluding hydrogens is 282 g/mol. The molecule has 0 unspecified atom stereocenters. The van der Waals surface area contributed by atoms with Crippen molar-refractivity contribution in [2.24, 2.45) is 0 Å². The van der Waals surface area contributed by atoms with Crippen molar-refractivity contribution in [3.63, 3.8) is 0 Å². The van der Waals surface area contributed by atoms with Crippen molar-refractivity contribution in [1.29, 1.82) is 5.26 Å². The van der Waals surface area contributed by atoms with Crippen molar-refractivity contribution in [2.75, 3.05) is 5.73 Å². The molecule has 0 atom stereocenters. The largest absolute Gasteiger partial charge is 0.439 e. The maximum atomic E-state index is 8.76. The summed E-state index contributed by atoms with van der Waals surface area (Å²) in [4.78, 5) is 4.01. The van der Waals surface area contributed by atoms with Crippen molar-refractivity contribution >= 4 is 21.6 Å². The quantitative estimate of drug-likeness (QED) is 0.863. The van der Waals surface area contributed by atoms with E-state index >= 15 is 0 Å². The van der Waals surface area contributed by atoms with Gasteiger partial charge in [0.25, 0.3) is 0 Å². The molecule has 0 spiro atoms. The second-order valence-corrected chi connectivity index (χ2v) is 4.23. The summed E-state index contributed by atoms with van der Waals surface area (Å²) in [6.07, 6.45) is 1.52. The lowest BCUT2D eigenvalue weighted by molar-refractivity contribution is 0.463. The minimum absolute atomic E-state index is 0.363. The Labute approximate surface area is 107 Å². The average molecular weight is 290 g/mol. The van der Waals surface area contributed by atoms with E-state index in [0.717, 1.165) is 4.47 Å². The molecule has 0 radical (unpaired) electrons. The minimum atomic E-state index is 0.363. The van der Waals surface area contributed by atoms with Gasteiger partial charge in [0.15, 0.2) is 0 Å². The molecule has 0 bridgehead atoms. The molecule has 1 aromatic heterocycles. The second kappa shape index (κ2) is 4.85.